The van der Waals surface area contributed by atoms with Crippen LogP contribution in [-0.4, -0.2) is 72.9 Å². The molecule has 0 atom stereocenters. The summed E-state index contributed by atoms with van der Waals surface area (Å²) in [6, 6.07) is 6.96. The second kappa shape index (κ2) is 10.1. The van der Waals surface area contributed by atoms with Crippen LogP contribution >= 0.6 is 11.3 Å². The Hall–Kier alpha value is -2.37. The summed E-state index contributed by atoms with van der Waals surface area (Å²) in [5.74, 6) is 1.59. The van der Waals surface area contributed by atoms with Crippen LogP contribution in [0.4, 0.5) is 5.82 Å². The lowest BCUT2D eigenvalue weighted by Crippen LogP contribution is -2.36. The Balaban J connectivity index is 1.61. The van der Waals surface area contributed by atoms with Crippen molar-refractivity contribution in [3.8, 4) is 17.1 Å². The van der Waals surface area contributed by atoms with E-state index in [1.54, 1.807) is 29.5 Å². The van der Waals surface area contributed by atoms with Crippen molar-refractivity contribution in [3.05, 3.63) is 29.3 Å². The van der Waals surface area contributed by atoms with E-state index >= 15 is 0 Å². The highest BCUT2D eigenvalue weighted by Gasteiger charge is 2.21. The van der Waals surface area contributed by atoms with Crippen molar-refractivity contribution in [3.63, 3.8) is 0 Å². The lowest BCUT2D eigenvalue weighted by Gasteiger charge is -2.28. The molecule has 2 aromatic heterocycles. The van der Waals surface area contributed by atoms with Gasteiger partial charge in [-0.2, -0.15) is 0 Å². The summed E-state index contributed by atoms with van der Waals surface area (Å²) in [6.45, 7) is 4.60. The zero-order valence-corrected chi connectivity index (χ0v) is 17.4. The number of ether oxygens (including phenoxy) is 3. The number of phenols is 1. The van der Waals surface area contributed by atoms with Gasteiger partial charge in [0.05, 0.1) is 44.8 Å². The number of fused-ring (bicyclic) bond motifs is 1. The average Bonchev–Trinajstić information content (AvgIpc) is 3.19. The van der Waals surface area contributed by atoms with Crippen LogP contribution < -0.4 is 10.6 Å². The maximum absolute atomic E-state index is 9.86. The molecule has 0 aliphatic carbocycles. The molecule has 0 unspecified atom stereocenters. The van der Waals surface area contributed by atoms with Crippen molar-refractivity contribution in [2.24, 2.45) is 5.73 Å². The molecule has 10 heteroatoms. The van der Waals surface area contributed by atoms with Crippen molar-refractivity contribution >= 4 is 27.5 Å². The van der Waals surface area contributed by atoms with Gasteiger partial charge >= 0.3 is 0 Å². The van der Waals surface area contributed by atoms with Gasteiger partial charge in [-0.25, -0.2) is 15.0 Å². The van der Waals surface area contributed by atoms with Crippen LogP contribution in [0.15, 0.2) is 24.3 Å². The monoisotopic (exact) mass is 431 g/mol. The fourth-order valence-corrected chi connectivity index (χ4v) is 4.19. The van der Waals surface area contributed by atoms with Crippen LogP contribution in [0, 0.1) is 0 Å². The molecular formula is C20H25N5O4S. The third-order valence-electron chi connectivity index (χ3n) is 4.65. The van der Waals surface area contributed by atoms with Gasteiger partial charge in [0, 0.05) is 25.1 Å². The highest BCUT2D eigenvalue weighted by Crippen LogP contribution is 2.33. The lowest BCUT2D eigenvalue weighted by molar-refractivity contribution is 0.0514. The molecule has 1 aliphatic heterocycles. The first-order valence-electron chi connectivity index (χ1n) is 9.89. The van der Waals surface area contributed by atoms with E-state index in [0.29, 0.717) is 50.9 Å². The molecule has 4 rings (SSSR count). The number of aromatic nitrogens is 3. The molecule has 0 amide bonds. The average molecular weight is 432 g/mol. The van der Waals surface area contributed by atoms with Gasteiger partial charge in [0.15, 0.2) is 17.3 Å². The topological polar surface area (TPSA) is 116 Å². The summed E-state index contributed by atoms with van der Waals surface area (Å²) in [4.78, 5) is 16.5. The SMILES string of the molecule is NCOCCOCCc1nc2nc(-c3cccc(O)c3)nc(N3CCOCC3)c2s1. The largest absolute Gasteiger partial charge is 0.508 e. The summed E-state index contributed by atoms with van der Waals surface area (Å²) in [6.07, 6.45) is 0.688. The predicted molar refractivity (Wildman–Crippen MR) is 115 cm³/mol. The second-order valence-corrected chi connectivity index (χ2v) is 7.80. The quantitative estimate of drug-likeness (QED) is 0.386. The summed E-state index contributed by atoms with van der Waals surface area (Å²) < 4.78 is 17.1. The maximum Gasteiger partial charge on any atom is 0.176 e. The van der Waals surface area contributed by atoms with E-state index < -0.39 is 0 Å². The number of rotatable bonds is 9. The number of morpholine rings is 1. The Morgan fingerprint density at radius 3 is 2.73 bits per heavy atom. The summed E-state index contributed by atoms with van der Waals surface area (Å²) >= 11 is 1.59. The molecule has 0 bridgehead atoms. The number of nitrogens with two attached hydrogens (primary N) is 1. The molecule has 3 N–H and O–H groups in total. The third kappa shape index (κ3) is 5.02. The van der Waals surface area contributed by atoms with E-state index in [4.69, 9.17) is 29.9 Å². The zero-order chi connectivity index (χ0) is 20.8. The van der Waals surface area contributed by atoms with Crippen molar-refractivity contribution < 1.29 is 19.3 Å². The molecule has 1 aromatic carbocycles. The first-order valence-corrected chi connectivity index (χ1v) is 10.7. The zero-order valence-electron chi connectivity index (χ0n) is 16.6. The number of hydrogen-bond acceptors (Lipinski definition) is 10. The van der Waals surface area contributed by atoms with Crippen molar-refractivity contribution in [2.75, 3.05) is 57.8 Å². The highest BCUT2D eigenvalue weighted by atomic mass is 32.1. The van der Waals surface area contributed by atoms with E-state index in [2.05, 4.69) is 9.88 Å². The second-order valence-electron chi connectivity index (χ2n) is 6.72. The Bertz CT molecular complexity index is 977. The summed E-state index contributed by atoms with van der Waals surface area (Å²) in [7, 11) is 0. The van der Waals surface area contributed by atoms with E-state index in [9.17, 15) is 5.11 Å². The van der Waals surface area contributed by atoms with Crippen LogP contribution in [0.3, 0.4) is 0 Å². The molecule has 160 valence electrons. The van der Waals surface area contributed by atoms with E-state index in [1.165, 1.54) is 0 Å². The number of benzene rings is 1. The van der Waals surface area contributed by atoms with Gasteiger partial charge < -0.3 is 30.0 Å². The van der Waals surface area contributed by atoms with E-state index in [-0.39, 0.29) is 12.5 Å². The van der Waals surface area contributed by atoms with Crippen LogP contribution in [-0.2, 0) is 20.6 Å². The molecule has 3 aromatic rings. The molecule has 1 fully saturated rings. The van der Waals surface area contributed by atoms with E-state index in [1.807, 2.05) is 6.07 Å². The van der Waals surface area contributed by atoms with Crippen LogP contribution in [0.25, 0.3) is 21.7 Å². The number of nitrogens with zero attached hydrogens (tertiary/aromatic N) is 4. The van der Waals surface area contributed by atoms with E-state index in [0.717, 1.165) is 34.2 Å². The Morgan fingerprint density at radius 1 is 1.10 bits per heavy atom. The van der Waals surface area contributed by atoms with Crippen molar-refractivity contribution in [1.29, 1.82) is 0 Å². The van der Waals surface area contributed by atoms with Gasteiger partial charge in [0.2, 0.25) is 0 Å². The Morgan fingerprint density at radius 2 is 1.93 bits per heavy atom. The summed E-state index contributed by atoms with van der Waals surface area (Å²) in [5.41, 5.74) is 6.71. The minimum absolute atomic E-state index is 0.179. The molecule has 0 spiro atoms. The van der Waals surface area contributed by atoms with Gasteiger partial charge in [-0.05, 0) is 12.1 Å². The number of anilines is 1. The standard InChI is InChI=1S/C20H25N5O4S/c21-13-29-11-10-27-7-4-16-22-19-17(30-16)20(25-5-8-28-9-6-25)24-18(23-19)14-2-1-3-15(26)12-14/h1-3,12,26H,4-11,13,21H2. The number of phenolic OH excluding ortho intramolecular Hbond substituents is 1. The molecule has 1 aliphatic rings. The minimum Gasteiger partial charge on any atom is -0.508 e. The fourth-order valence-electron chi connectivity index (χ4n) is 3.19. The third-order valence-corrected chi connectivity index (χ3v) is 5.75. The number of thiazole rings is 1. The van der Waals surface area contributed by atoms with Gasteiger partial charge in [-0.15, -0.1) is 11.3 Å². The Kier molecular flexibility index (Phi) is 7.03. The molecule has 0 saturated carbocycles. The van der Waals surface area contributed by atoms with Crippen LogP contribution in [0.5, 0.6) is 5.75 Å². The first-order chi connectivity index (χ1) is 14.7. The molecule has 30 heavy (non-hydrogen) atoms. The van der Waals surface area contributed by atoms with Crippen LogP contribution in [0.2, 0.25) is 0 Å². The molecule has 1 saturated heterocycles. The molecule has 3 heterocycles. The Labute approximate surface area is 178 Å². The molecule has 9 nitrogen and oxygen atoms in total. The van der Waals surface area contributed by atoms with Crippen LogP contribution in [0.1, 0.15) is 5.01 Å². The van der Waals surface area contributed by atoms with Crippen molar-refractivity contribution in [2.45, 2.75) is 6.42 Å². The lowest BCUT2D eigenvalue weighted by atomic mass is 10.2. The predicted octanol–water partition coefficient (Wildman–Crippen LogP) is 1.79. The van der Waals surface area contributed by atoms with Gasteiger partial charge in [-0.1, -0.05) is 12.1 Å². The molecule has 0 radical (unpaired) electrons. The summed E-state index contributed by atoms with van der Waals surface area (Å²) in [5, 5.41) is 10.8. The van der Waals surface area contributed by atoms with Gasteiger partial charge in [0.25, 0.3) is 0 Å². The molecular weight excluding hydrogens is 406 g/mol. The van der Waals surface area contributed by atoms with Crippen molar-refractivity contribution in [1.82, 2.24) is 15.0 Å². The van der Waals surface area contributed by atoms with Gasteiger partial charge in [0.1, 0.15) is 10.4 Å². The minimum atomic E-state index is 0.179. The number of aromatic hydroxyl groups is 1. The normalized spacial score (nSPS) is 14.5. The number of hydrogen-bond donors (Lipinski definition) is 2. The maximum atomic E-state index is 9.86. The highest BCUT2D eigenvalue weighted by molar-refractivity contribution is 7.19. The van der Waals surface area contributed by atoms with Gasteiger partial charge in [-0.3, -0.25) is 0 Å². The fraction of sp³-hybridized carbons (Fsp3) is 0.450. The smallest absolute Gasteiger partial charge is 0.176 e. The first kappa shape index (κ1) is 20.9.